The Bertz CT molecular complexity index is 49.7. The lowest BCUT2D eigenvalue weighted by Crippen LogP contribution is -2.32. The quantitative estimate of drug-likeness (QED) is 0.334. The van der Waals surface area contributed by atoms with Gasteiger partial charge in [-0.3, -0.25) is 11.3 Å². The van der Waals surface area contributed by atoms with Crippen LogP contribution in [0, 0.1) is 0 Å². The highest BCUT2D eigenvalue weighted by Crippen LogP contribution is 2.04. The van der Waals surface area contributed by atoms with Gasteiger partial charge < -0.3 is 0 Å². The van der Waals surface area contributed by atoms with E-state index in [2.05, 4.69) is 19.0 Å². The minimum absolute atomic E-state index is 0.488. The van der Waals surface area contributed by atoms with Gasteiger partial charge in [-0.1, -0.05) is 0 Å². The standard InChI is InChI=1S/C5H15N2P/c1-5(7-6)3-4-8-2/h5,7-8H,3-4,6H2,1-2H3. The van der Waals surface area contributed by atoms with Gasteiger partial charge in [-0.2, -0.15) is 0 Å². The fourth-order valence-electron chi connectivity index (χ4n) is 0.444. The summed E-state index contributed by atoms with van der Waals surface area (Å²) >= 11 is 0. The number of nitrogens with two attached hydrogens (primary N) is 1. The molecule has 2 unspecified atom stereocenters. The van der Waals surface area contributed by atoms with Crippen molar-refractivity contribution in [3.8, 4) is 0 Å². The molecule has 0 radical (unpaired) electrons. The molecule has 0 spiro atoms. The van der Waals surface area contributed by atoms with Crippen LogP contribution in [0.3, 0.4) is 0 Å². The van der Waals surface area contributed by atoms with Gasteiger partial charge in [0, 0.05) is 6.04 Å². The lowest BCUT2D eigenvalue weighted by molar-refractivity contribution is 0.558. The van der Waals surface area contributed by atoms with Crippen molar-refractivity contribution in [2.75, 3.05) is 12.8 Å². The van der Waals surface area contributed by atoms with Gasteiger partial charge in [0.2, 0.25) is 0 Å². The molecule has 0 amide bonds. The zero-order chi connectivity index (χ0) is 6.41. The van der Waals surface area contributed by atoms with Crippen LogP contribution in [0.25, 0.3) is 0 Å². The zero-order valence-corrected chi connectivity index (χ0v) is 6.57. The molecule has 0 heterocycles. The first-order chi connectivity index (χ1) is 3.81. The average molecular weight is 134 g/mol. The molecule has 50 valence electrons. The molecule has 0 bridgehead atoms. The molecule has 0 fully saturated rings. The van der Waals surface area contributed by atoms with Crippen molar-refractivity contribution in [3.63, 3.8) is 0 Å². The molecular weight excluding hydrogens is 119 g/mol. The Morgan fingerprint density at radius 2 is 2.38 bits per heavy atom. The average Bonchev–Trinajstić information content (AvgIpc) is 1.83. The van der Waals surface area contributed by atoms with E-state index in [-0.39, 0.29) is 0 Å². The van der Waals surface area contributed by atoms with Crippen LogP contribution in [0.2, 0.25) is 0 Å². The van der Waals surface area contributed by atoms with Gasteiger partial charge in [-0.15, -0.1) is 8.58 Å². The van der Waals surface area contributed by atoms with E-state index in [1.54, 1.807) is 0 Å². The molecule has 2 nitrogen and oxygen atoms in total. The SMILES string of the molecule is CPCCC(C)NN. The van der Waals surface area contributed by atoms with Crippen LogP contribution in [0.1, 0.15) is 13.3 Å². The monoisotopic (exact) mass is 134 g/mol. The second kappa shape index (κ2) is 5.49. The molecule has 0 aliphatic carbocycles. The normalized spacial score (nSPS) is 15.4. The van der Waals surface area contributed by atoms with Crippen molar-refractivity contribution in [3.05, 3.63) is 0 Å². The molecule has 0 aromatic rings. The summed E-state index contributed by atoms with van der Waals surface area (Å²) < 4.78 is 0. The predicted octanol–water partition coefficient (Wildman–Crippen LogP) is 0.537. The fourth-order valence-corrected chi connectivity index (χ4v) is 1.17. The van der Waals surface area contributed by atoms with E-state index < -0.39 is 0 Å². The Morgan fingerprint density at radius 1 is 1.75 bits per heavy atom. The number of nitrogens with one attached hydrogen (secondary N) is 1. The topological polar surface area (TPSA) is 38.0 Å². The maximum absolute atomic E-state index is 5.17. The van der Waals surface area contributed by atoms with Crippen LogP contribution in [-0.4, -0.2) is 18.9 Å². The summed E-state index contributed by atoms with van der Waals surface area (Å²) in [6.45, 7) is 4.31. The van der Waals surface area contributed by atoms with Crippen molar-refractivity contribution in [1.29, 1.82) is 0 Å². The van der Waals surface area contributed by atoms with E-state index in [0.717, 1.165) is 8.58 Å². The highest BCUT2D eigenvalue weighted by molar-refractivity contribution is 7.36. The summed E-state index contributed by atoms with van der Waals surface area (Å²) in [5.41, 5.74) is 2.70. The molecule has 0 rings (SSSR count). The number of hydrogen-bond donors (Lipinski definition) is 2. The third kappa shape index (κ3) is 4.51. The highest BCUT2D eigenvalue weighted by atomic mass is 31.1. The second-order valence-electron chi connectivity index (χ2n) is 1.96. The van der Waals surface area contributed by atoms with E-state index in [0.29, 0.717) is 6.04 Å². The lowest BCUT2D eigenvalue weighted by atomic mass is 10.3. The van der Waals surface area contributed by atoms with Gasteiger partial charge in [-0.25, -0.2) is 0 Å². The van der Waals surface area contributed by atoms with E-state index >= 15 is 0 Å². The summed E-state index contributed by atoms with van der Waals surface area (Å²) in [6.07, 6.45) is 2.50. The van der Waals surface area contributed by atoms with Gasteiger partial charge >= 0.3 is 0 Å². The Morgan fingerprint density at radius 3 is 2.75 bits per heavy atom. The molecule has 3 N–H and O–H groups in total. The Hall–Kier alpha value is 0.350. The molecule has 0 aromatic carbocycles. The van der Waals surface area contributed by atoms with Crippen LogP contribution < -0.4 is 11.3 Å². The van der Waals surface area contributed by atoms with Gasteiger partial charge in [-0.05, 0) is 26.2 Å². The summed E-state index contributed by atoms with van der Waals surface area (Å²) in [7, 11) is 1.06. The number of hydrogen-bond acceptors (Lipinski definition) is 2. The first-order valence-electron chi connectivity index (χ1n) is 2.92. The lowest BCUT2D eigenvalue weighted by Gasteiger charge is -2.06. The van der Waals surface area contributed by atoms with E-state index in [1.165, 1.54) is 12.6 Å². The van der Waals surface area contributed by atoms with E-state index in [4.69, 9.17) is 5.84 Å². The highest BCUT2D eigenvalue weighted by Gasteiger charge is 1.93. The van der Waals surface area contributed by atoms with Crippen LogP contribution >= 0.6 is 8.58 Å². The molecule has 3 heteroatoms. The largest absolute Gasteiger partial charge is 0.271 e. The Balaban J connectivity index is 2.86. The fraction of sp³-hybridized carbons (Fsp3) is 1.00. The smallest absolute Gasteiger partial charge is 0.0185 e. The Labute approximate surface area is 53.0 Å². The zero-order valence-electron chi connectivity index (χ0n) is 5.57. The summed E-state index contributed by atoms with van der Waals surface area (Å²) in [5, 5.41) is 0. The molecule has 2 atom stereocenters. The third-order valence-electron chi connectivity index (χ3n) is 1.11. The van der Waals surface area contributed by atoms with Crippen LogP contribution in [0.15, 0.2) is 0 Å². The van der Waals surface area contributed by atoms with Gasteiger partial charge in [0.25, 0.3) is 0 Å². The molecule has 0 aromatic heterocycles. The summed E-state index contributed by atoms with van der Waals surface area (Å²) in [4.78, 5) is 0. The van der Waals surface area contributed by atoms with Crippen LogP contribution in [0.5, 0.6) is 0 Å². The predicted molar refractivity (Wildman–Crippen MR) is 40.5 cm³/mol. The van der Waals surface area contributed by atoms with Crippen molar-refractivity contribution in [2.24, 2.45) is 5.84 Å². The van der Waals surface area contributed by atoms with Crippen molar-refractivity contribution in [2.45, 2.75) is 19.4 Å². The first-order valence-corrected chi connectivity index (χ1v) is 4.62. The molecule has 0 saturated heterocycles. The molecule has 0 saturated carbocycles. The summed E-state index contributed by atoms with van der Waals surface area (Å²) in [5.74, 6) is 5.17. The van der Waals surface area contributed by atoms with Crippen LogP contribution in [0.4, 0.5) is 0 Å². The van der Waals surface area contributed by atoms with Gasteiger partial charge in [0.15, 0.2) is 0 Å². The van der Waals surface area contributed by atoms with Crippen LogP contribution in [-0.2, 0) is 0 Å². The third-order valence-corrected chi connectivity index (χ3v) is 1.90. The van der Waals surface area contributed by atoms with Gasteiger partial charge in [0.05, 0.1) is 0 Å². The maximum atomic E-state index is 5.17. The van der Waals surface area contributed by atoms with Crippen molar-refractivity contribution in [1.82, 2.24) is 5.43 Å². The first kappa shape index (κ1) is 8.35. The van der Waals surface area contributed by atoms with E-state index in [1.807, 2.05) is 0 Å². The second-order valence-corrected chi connectivity index (χ2v) is 3.17. The summed E-state index contributed by atoms with van der Waals surface area (Å²) in [6, 6.07) is 0.488. The Kier molecular flexibility index (Phi) is 5.73. The van der Waals surface area contributed by atoms with Gasteiger partial charge in [0.1, 0.15) is 0 Å². The molecule has 0 aliphatic rings. The minimum atomic E-state index is 0.488. The molecule has 8 heavy (non-hydrogen) atoms. The van der Waals surface area contributed by atoms with Crippen molar-refractivity contribution < 1.29 is 0 Å². The van der Waals surface area contributed by atoms with E-state index in [9.17, 15) is 0 Å². The number of hydrazine groups is 1. The minimum Gasteiger partial charge on any atom is -0.271 e. The van der Waals surface area contributed by atoms with Crippen molar-refractivity contribution >= 4 is 8.58 Å². The maximum Gasteiger partial charge on any atom is 0.0185 e. The number of rotatable bonds is 4. The molecular formula is C5H15N2P. The molecule has 0 aliphatic heterocycles.